The molecule has 1 fully saturated rings. The molecule has 2 bridgehead atoms. The van der Waals surface area contributed by atoms with Crippen molar-refractivity contribution in [3.63, 3.8) is 0 Å². The van der Waals surface area contributed by atoms with Crippen molar-refractivity contribution in [3.05, 3.63) is 23.6 Å². The number of rotatable bonds is 0. The monoisotopic (exact) mass is 200 g/mol. The van der Waals surface area contributed by atoms with Gasteiger partial charge in [0, 0.05) is 16.7 Å². The van der Waals surface area contributed by atoms with Crippen molar-refractivity contribution in [2.45, 2.75) is 15.7 Å². The van der Waals surface area contributed by atoms with Crippen LogP contribution < -0.4 is 0 Å². The van der Waals surface area contributed by atoms with Gasteiger partial charge in [0.05, 0.1) is 26.5 Å². The second-order valence-corrected chi connectivity index (χ2v) is 6.56. The van der Waals surface area contributed by atoms with E-state index in [1.165, 1.54) is 0 Å². The maximum absolute atomic E-state index is 11.6. The first kappa shape index (κ1) is 7.21. The van der Waals surface area contributed by atoms with Crippen molar-refractivity contribution in [3.8, 4) is 0 Å². The second kappa shape index (κ2) is 2.17. The maximum Gasteiger partial charge on any atom is 0.0687 e. The van der Waals surface area contributed by atoms with Crippen LogP contribution in [0.3, 0.4) is 0 Å². The fraction of sp³-hybridized carbons (Fsp3) is 0.500. The lowest BCUT2D eigenvalue weighted by Gasteiger charge is -2.15. The van der Waals surface area contributed by atoms with Crippen molar-refractivity contribution in [1.29, 1.82) is 0 Å². The Morgan fingerprint density at radius 1 is 1.00 bits per heavy atom. The van der Waals surface area contributed by atoms with Crippen molar-refractivity contribution in [2.24, 2.45) is 5.92 Å². The molecule has 0 amide bonds. The van der Waals surface area contributed by atoms with E-state index in [-0.39, 0.29) is 15.7 Å². The van der Waals surface area contributed by atoms with Crippen LogP contribution in [0.25, 0.3) is 0 Å². The van der Waals surface area contributed by atoms with E-state index in [2.05, 4.69) is 0 Å². The lowest BCUT2D eigenvalue weighted by Crippen LogP contribution is -2.27. The highest BCUT2D eigenvalue weighted by atomic mass is 32.2. The SMILES string of the molecule is O=S1C2C=CC1[C@H]1[C@@H]2C=CS1=O. The highest BCUT2D eigenvalue weighted by molar-refractivity contribution is 7.93. The van der Waals surface area contributed by atoms with Gasteiger partial charge in [0.15, 0.2) is 0 Å². The second-order valence-electron chi connectivity index (χ2n) is 3.34. The summed E-state index contributed by atoms with van der Waals surface area (Å²) in [5.41, 5.74) is 0. The van der Waals surface area contributed by atoms with Crippen molar-refractivity contribution in [2.75, 3.05) is 0 Å². The Kier molecular flexibility index (Phi) is 1.31. The molecule has 6 atom stereocenters. The molecular weight excluding hydrogens is 192 g/mol. The van der Waals surface area contributed by atoms with E-state index >= 15 is 0 Å². The third kappa shape index (κ3) is 0.661. The minimum Gasteiger partial charge on any atom is -0.258 e. The quantitative estimate of drug-likeness (QED) is 0.528. The van der Waals surface area contributed by atoms with E-state index in [9.17, 15) is 8.42 Å². The maximum atomic E-state index is 11.6. The molecule has 0 aromatic heterocycles. The third-order valence-corrected chi connectivity index (χ3v) is 6.55. The van der Waals surface area contributed by atoms with Crippen LogP contribution in [0.5, 0.6) is 0 Å². The van der Waals surface area contributed by atoms with Gasteiger partial charge in [0.1, 0.15) is 0 Å². The van der Waals surface area contributed by atoms with Crippen LogP contribution in [0, 0.1) is 5.92 Å². The fourth-order valence-corrected chi connectivity index (χ4v) is 6.32. The zero-order valence-electron chi connectivity index (χ0n) is 6.25. The Bertz CT molecular complexity index is 345. The molecule has 0 radical (unpaired) electrons. The van der Waals surface area contributed by atoms with Gasteiger partial charge in [-0.25, -0.2) is 0 Å². The van der Waals surface area contributed by atoms with Crippen LogP contribution in [0.1, 0.15) is 0 Å². The molecule has 2 nitrogen and oxygen atoms in total. The predicted molar refractivity (Wildman–Crippen MR) is 49.4 cm³/mol. The summed E-state index contributed by atoms with van der Waals surface area (Å²) >= 11 is 0. The van der Waals surface area contributed by atoms with E-state index in [0.717, 1.165) is 0 Å². The summed E-state index contributed by atoms with van der Waals surface area (Å²) in [6.45, 7) is 0. The van der Waals surface area contributed by atoms with Crippen LogP contribution in [-0.2, 0) is 21.6 Å². The Morgan fingerprint density at radius 3 is 2.50 bits per heavy atom. The molecule has 3 aliphatic heterocycles. The Morgan fingerprint density at radius 2 is 1.75 bits per heavy atom. The van der Waals surface area contributed by atoms with Crippen molar-refractivity contribution < 1.29 is 8.42 Å². The molecule has 3 aliphatic rings. The molecule has 64 valence electrons. The fourth-order valence-electron chi connectivity index (χ4n) is 2.25. The number of fused-ring (bicyclic) bond motifs is 5. The third-order valence-electron chi connectivity index (χ3n) is 2.81. The highest BCUT2D eigenvalue weighted by Crippen LogP contribution is 2.43. The van der Waals surface area contributed by atoms with Gasteiger partial charge < -0.3 is 0 Å². The van der Waals surface area contributed by atoms with Gasteiger partial charge in [0.2, 0.25) is 0 Å². The molecule has 0 N–H and O–H groups in total. The van der Waals surface area contributed by atoms with Crippen LogP contribution in [0.2, 0.25) is 0 Å². The average Bonchev–Trinajstić information content (AvgIpc) is 2.66. The molecule has 0 aliphatic carbocycles. The van der Waals surface area contributed by atoms with Gasteiger partial charge in [-0.05, 0) is 5.41 Å². The largest absolute Gasteiger partial charge is 0.258 e. The predicted octanol–water partition coefficient (Wildman–Crippen LogP) is 0.317. The van der Waals surface area contributed by atoms with Crippen LogP contribution in [0.4, 0.5) is 0 Å². The van der Waals surface area contributed by atoms with Gasteiger partial charge in [-0.1, -0.05) is 18.2 Å². The van der Waals surface area contributed by atoms with Crippen LogP contribution in [0.15, 0.2) is 23.6 Å². The highest BCUT2D eigenvalue weighted by Gasteiger charge is 2.53. The van der Waals surface area contributed by atoms with E-state index in [1.807, 2.05) is 18.2 Å². The van der Waals surface area contributed by atoms with Crippen LogP contribution >= 0.6 is 0 Å². The summed E-state index contributed by atoms with van der Waals surface area (Å²) in [5.74, 6) is 0.293. The average molecular weight is 200 g/mol. The zero-order valence-corrected chi connectivity index (χ0v) is 7.88. The van der Waals surface area contributed by atoms with Gasteiger partial charge >= 0.3 is 0 Å². The molecule has 4 heteroatoms. The normalized spacial score (nSPS) is 59.7. The minimum absolute atomic E-state index is 0.0656. The van der Waals surface area contributed by atoms with Crippen molar-refractivity contribution in [1.82, 2.24) is 0 Å². The van der Waals surface area contributed by atoms with E-state index in [1.54, 1.807) is 5.41 Å². The van der Waals surface area contributed by atoms with Gasteiger partial charge in [-0.15, -0.1) is 0 Å². The van der Waals surface area contributed by atoms with E-state index in [4.69, 9.17) is 0 Å². The lowest BCUT2D eigenvalue weighted by atomic mass is 9.94. The smallest absolute Gasteiger partial charge is 0.0687 e. The molecule has 12 heavy (non-hydrogen) atoms. The molecule has 3 rings (SSSR count). The molecule has 0 aromatic carbocycles. The Balaban J connectivity index is 2.13. The van der Waals surface area contributed by atoms with Gasteiger partial charge in [-0.3, -0.25) is 8.42 Å². The van der Waals surface area contributed by atoms with Gasteiger partial charge in [-0.2, -0.15) is 0 Å². The first-order valence-corrected chi connectivity index (χ1v) is 6.50. The summed E-state index contributed by atoms with van der Waals surface area (Å²) < 4.78 is 23.1. The zero-order chi connectivity index (χ0) is 8.29. The topological polar surface area (TPSA) is 34.1 Å². The molecule has 0 aromatic rings. The van der Waals surface area contributed by atoms with E-state index < -0.39 is 21.6 Å². The Labute approximate surface area is 75.6 Å². The number of hydrogen-bond donors (Lipinski definition) is 0. The standard InChI is InChI=1S/C8H8O2S2/c9-11-4-3-5-6-1-2-7(8(5)11)12(6)10/h1-8H/t5-,6?,7?,8-,11?,12?/m1/s1. The summed E-state index contributed by atoms with van der Waals surface area (Å²) in [6.07, 6.45) is 5.98. The number of allylic oxidation sites excluding steroid dienone is 1. The minimum atomic E-state index is -0.873. The van der Waals surface area contributed by atoms with Gasteiger partial charge in [0.25, 0.3) is 0 Å². The number of hydrogen-bond acceptors (Lipinski definition) is 2. The molecule has 0 saturated carbocycles. The molecule has 4 unspecified atom stereocenters. The van der Waals surface area contributed by atoms with Crippen molar-refractivity contribution >= 4 is 21.6 Å². The first-order valence-electron chi connectivity index (χ1n) is 3.94. The van der Waals surface area contributed by atoms with Crippen LogP contribution in [-0.4, -0.2) is 24.2 Å². The summed E-state index contributed by atoms with van der Waals surface area (Å²) in [4.78, 5) is 0. The lowest BCUT2D eigenvalue weighted by molar-refractivity contribution is 0.632. The molecule has 0 spiro atoms. The molecule has 1 saturated heterocycles. The Hall–Kier alpha value is -0.220. The van der Waals surface area contributed by atoms with E-state index in [0.29, 0.717) is 5.92 Å². The summed E-state index contributed by atoms with van der Waals surface area (Å²) in [6, 6.07) is 0. The summed E-state index contributed by atoms with van der Waals surface area (Å²) in [5, 5.41) is 2.11. The molecule has 3 heterocycles. The molecular formula is C8H8O2S2. The summed E-state index contributed by atoms with van der Waals surface area (Å²) in [7, 11) is -1.66. The first-order chi connectivity index (χ1) is 5.79.